The lowest BCUT2D eigenvalue weighted by Crippen LogP contribution is -2.30. The van der Waals surface area contributed by atoms with Gasteiger partial charge < -0.3 is 19.5 Å². The Bertz CT molecular complexity index is 867. The lowest BCUT2D eigenvalue weighted by Gasteiger charge is -2.16. The van der Waals surface area contributed by atoms with E-state index in [2.05, 4.69) is 5.32 Å². The predicted octanol–water partition coefficient (Wildman–Crippen LogP) is 2.80. The number of rotatable bonds is 7. The number of benzene rings is 2. The molecule has 0 aliphatic carbocycles. The lowest BCUT2D eigenvalue weighted by molar-refractivity contribution is -0.384. The Morgan fingerprint density at radius 3 is 2.37 bits per heavy atom. The number of esters is 1. The molecule has 9 nitrogen and oxygen atoms in total. The van der Waals surface area contributed by atoms with Gasteiger partial charge in [-0.25, -0.2) is 4.79 Å². The molecule has 1 atom stereocenters. The van der Waals surface area contributed by atoms with Gasteiger partial charge in [-0.15, -0.1) is 0 Å². The van der Waals surface area contributed by atoms with Crippen molar-refractivity contribution in [2.75, 3.05) is 19.5 Å². The number of ether oxygens (including phenoxy) is 3. The number of anilines is 1. The van der Waals surface area contributed by atoms with Crippen LogP contribution < -0.4 is 14.8 Å². The normalized spacial score (nSPS) is 11.2. The predicted molar refractivity (Wildman–Crippen MR) is 96.1 cm³/mol. The van der Waals surface area contributed by atoms with Crippen molar-refractivity contribution in [2.24, 2.45) is 0 Å². The van der Waals surface area contributed by atoms with Crippen LogP contribution in [0.5, 0.6) is 11.5 Å². The number of para-hydroxylation sites is 2. The van der Waals surface area contributed by atoms with Crippen molar-refractivity contribution in [3.8, 4) is 11.5 Å². The number of nitro benzene ring substituents is 1. The number of hydrogen-bond donors (Lipinski definition) is 1. The number of non-ortho nitro benzene ring substituents is 1. The maximum Gasteiger partial charge on any atom is 0.342 e. The standard InChI is InChI=1S/C18H18N2O7/c1-11(17(21)19-14-6-4-5-7-16(14)26-3)27-18(22)13-10-12(20(23)24)8-9-15(13)25-2/h4-11H,1-3H3,(H,19,21)/t11-/m0/s1. The molecule has 2 aromatic carbocycles. The second kappa shape index (κ2) is 8.65. The molecule has 0 radical (unpaired) electrons. The molecule has 2 rings (SSSR count). The van der Waals surface area contributed by atoms with Crippen LogP contribution in [-0.2, 0) is 9.53 Å². The summed E-state index contributed by atoms with van der Waals surface area (Å²) in [5, 5.41) is 13.5. The van der Waals surface area contributed by atoms with Crippen molar-refractivity contribution in [1.82, 2.24) is 0 Å². The topological polar surface area (TPSA) is 117 Å². The summed E-state index contributed by atoms with van der Waals surface area (Å²) in [6.07, 6.45) is -1.16. The van der Waals surface area contributed by atoms with E-state index in [4.69, 9.17) is 14.2 Å². The largest absolute Gasteiger partial charge is 0.496 e. The number of carbonyl (C=O) groups is 2. The maximum atomic E-state index is 12.4. The summed E-state index contributed by atoms with van der Waals surface area (Å²) in [5.41, 5.74) is -0.0293. The van der Waals surface area contributed by atoms with Crippen LogP contribution >= 0.6 is 0 Å². The van der Waals surface area contributed by atoms with Gasteiger partial charge >= 0.3 is 5.97 Å². The molecule has 2 aromatic rings. The number of amides is 1. The third-order valence-corrected chi connectivity index (χ3v) is 3.63. The van der Waals surface area contributed by atoms with Crippen LogP contribution in [0.2, 0.25) is 0 Å². The Morgan fingerprint density at radius 1 is 1.07 bits per heavy atom. The third kappa shape index (κ3) is 4.72. The van der Waals surface area contributed by atoms with E-state index in [0.717, 1.165) is 6.07 Å². The van der Waals surface area contributed by atoms with Gasteiger partial charge in [0.25, 0.3) is 11.6 Å². The number of hydrogen-bond acceptors (Lipinski definition) is 7. The maximum absolute atomic E-state index is 12.4. The smallest absolute Gasteiger partial charge is 0.342 e. The van der Waals surface area contributed by atoms with Crippen LogP contribution in [0.4, 0.5) is 11.4 Å². The highest BCUT2D eigenvalue weighted by Gasteiger charge is 2.24. The van der Waals surface area contributed by atoms with E-state index in [9.17, 15) is 19.7 Å². The molecule has 0 aliphatic rings. The van der Waals surface area contributed by atoms with Gasteiger partial charge in [0.05, 0.1) is 24.8 Å². The Labute approximate surface area is 155 Å². The van der Waals surface area contributed by atoms with E-state index in [1.165, 1.54) is 33.3 Å². The molecule has 142 valence electrons. The fourth-order valence-electron chi connectivity index (χ4n) is 2.23. The van der Waals surface area contributed by atoms with Crippen LogP contribution in [0.15, 0.2) is 42.5 Å². The zero-order chi connectivity index (χ0) is 20.0. The van der Waals surface area contributed by atoms with Crippen molar-refractivity contribution >= 4 is 23.3 Å². The summed E-state index contributed by atoms with van der Waals surface area (Å²) < 4.78 is 15.3. The molecule has 0 heterocycles. The first kappa shape index (κ1) is 19.7. The van der Waals surface area contributed by atoms with Crippen LogP contribution in [0, 0.1) is 10.1 Å². The van der Waals surface area contributed by atoms with Crippen molar-refractivity contribution in [3.63, 3.8) is 0 Å². The van der Waals surface area contributed by atoms with Gasteiger partial charge in [0.2, 0.25) is 0 Å². The van der Waals surface area contributed by atoms with E-state index >= 15 is 0 Å². The van der Waals surface area contributed by atoms with Gasteiger partial charge in [-0.3, -0.25) is 14.9 Å². The van der Waals surface area contributed by atoms with Gasteiger partial charge in [-0.05, 0) is 25.1 Å². The number of nitrogens with one attached hydrogen (secondary N) is 1. The molecule has 0 unspecified atom stereocenters. The van der Waals surface area contributed by atoms with Gasteiger partial charge in [-0.1, -0.05) is 12.1 Å². The molecule has 0 spiro atoms. The Morgan fingerprint density at radius 2 is 1.74 bits per heavy atom. The highest BCUT2D eigenvalue weighted by Crippen LogP contribution is 2.26. The number of carbonyl (C=O) groups excluding carboxylic acids is 2. The van der Waals surface area contributed by atoms with Crippen molar-refractivity contribution in [2.45, 2.75) is 13.0 Å². The summed E-state index contributed by atoms with van der Waals surface area (Å²) in [5.74, 6) is -0.955. The number of nitro groups is 1. The van der Waals surface area contributed by atoms with Gasteiger partial charge in [0, 0.05) is 12.1 Å². The lowest BCUT2D eigenvalue weighted by atomic mass is 10.1. The van der Waals surface area contributed by atoms with E-state index in [0.29, 0.717) is 11.4 Å². The Hall–Kier alpha value is -3.62. The van der Waals surface area contributed by atoms with Gasteiger partial charge in [0.15, 0.2) is 6.10 Å². The summed E-state index contributed by atoms with van der Waals surface area (Å²) >= 11 is 0. The molecule has 0 saturated carbocycles. The van der Waals surface area contributed by atoms with Crippen LogP contribution in [0.1, 0.15) is 17.3 Å². The van der Waals surface area contributed by atoms with E-state index in [1.54, 1.807) is 24.3 Å². The molecule has 27 heavy (non-hydrogen) atoms. The van der Waals surface area contributed by atoms with E-state index in [1.807, 2.05) is 0 Å². The summed E-state index contributed by atoms with van der Waals surface area (Å²) in [7, 11) is 2.78. The van der Waals surface area contributed by atoms with Crippen molar-refractivity contribution < 1.29 is 28.7 Å². The second-order valence-corrected chi connectivity index (χ2v) is 5.38. The fourth-order valence-corrected chi connectivity index (χ4v) is 2.23. The first-order chi connectivity index (χ1) is 12.9. The second-order valence-electron chi connectivity index (χ2n) is 5.38. The zero-order valence-electron chi connectivity index (χ0n) is 14.9. The molecule has 9 heteroatoms. The third-order valence-electron chi connectivity index (χ3n) is 3.63. The summed E-state index contributed by atoms with van der Waals surface area (Å²) in [6.45, 7) is 1.38. The average molecular weight is 374 g/mol. The fraction of sp³-hybridized carbons (Fsp3) is 0.222. The Balaban J connectivity index is 2.14. The number of methoxy groups -OCH3 is 2. The molecular weight excluding hydrogens is 356 g/mol. The van der Waals surface area contributed by atoms with E-state index < -0.39 is 22.9 Å². The van der Waals surface area contributed by atoms with Gasteiger partial charge in [-0.2, -0.15) is 0 Å². The zero-order valence-corrected chi connectivity index (χ0v) is 14.9. The number of nitrogens with zero attached hydrogens (tertiary/aromatic N) is 1. The molecule has 0 fully saturated rings. The van der Waals surface area contributed by atoms with Gasteiger partial charge in [0.1, 0.15) is 17.1 Å². The average Bonchev–Trinajstić information content (AvgIpc) is 2.67. The molecule has 0 bridgehead atoms. The monoisotopic (exact) mass is 374 g/mol. The van der Waals surface area contributed by atoms with Crippen molar-refractivity contribution in [3.05, 3.63) is 58.1 Å². The summed E-state index contributed by atoms with van der Waals surface area (Å²) in [4.78, 5) is 34.9. The molecule has 1 N–H and O–H groups in total. The molecule has 1 amide bonds. The minimum atomic E-state index is -1.16. The van der Waals surface area contributed by atoms with Crippen LogP contribution in [-0.4, -0.2) is 37.1 Å². The molecular formula is C18H18N2O7. The van der Waals surface area contributed by atoms with Crippen LogP contribution in [0.25, 0.3) is 0 Å². The molecule has 0 aliphatic heterocycles. The molecule has 0 saturated heterocycles. The van der Waals surface area contributed by atoms with Crippen LogP contribution in [0.3, 0.4) is 0 Å². The highest BCUT2D eigenvalue weighted by atomic mass is 16.6. The van der Waals surface area contributed by atoms with E-state index in [-0.39, 0.29) is 17.0 Å². The first-order valence-electron chi connectivity index (χ1n) is 7.84. The minimum absolute atomic E-state index is 0.0999. The van der Waals surface area contributed by atoms with Crippen molar-refractivity contribution in [1.29, 1.82) is 0 Å². The first-order valence-corrected chi connectivity index (χ1v) is 7.84. The SMILES string of the molecule is COc1ccccc1NC(=O)[C@H](C)OC(=O)c1cc([N+](=O)[O-])ccc1OC. The summed E-state index contributed by atoms with van der Waals surface area (Å²) in [6, 6.07) is 10.3. The molecule has 0 aromatic heterocycles. The Kier molecular flexibility index (Phi) is 6.32. The highest BCUT2D eigenvalue weighted by molar-refractivity contribution is 5.99. The quantitative estimate of drug-likeness (QED) is 0.450. The minimum Gasteiger partial charge on any atom is -0.496 e.